The summed E-state index contributed by atoms with van der Waals surface area (Å²) in [6, 6.07) is 4.44. The van der Waals surface area contributed by atoms with Gasteiger partial charge in [-0.15, -0.1) is 0 Å². The van der Waals surface area contributed by atoms with Crippen LogP contribution >= 0.6 is 0 Å². The van der Waals surface area contributed by atoms with E-state index in [0.29, 0.717) is 18.7 Å². The second-order valence-corrected chi connectivity index (χ2v) is 4.96. The SMILES string of the molecule is O=C1CC(C(=O)N2CCNCC2)c2c(F)cccc21. The molecule has 0 bridgehead atoms. The quantitative estimate of drug-likeness (QED) is 0.819. The number of hydrogen-bond donors (Lipinski definition) is 1. The van der Waals surface area contributed by atoms with E-state index in [4.69, 9.17) is 0 Å². The van der Waals surface area contributed by atoms with E-state index in [1.807, 2.05) is 0 Å². The molecule has 1 amide bonds. The van der Waals surface area contributed by atoms with Crippen molar-refractivity contribution in [1.29, 1.82) is 0 Å². The number of rotatable bonds is 1. The molecule has 1 heterocycles. The Morgan fingerprint density at radius 3 is 2.79 bits per heavy atom. The van der Waals surface area contributed by atoms with Crippen molar-refractivity contribution < 1.29 is 14.0 Å². The lowest BCUT2D eigenvalue weighted by Crippen LogP contribution is -2.47. The average molecular weight is 262 g/mol. The van der Waals surface area contributed by atoms with Crippen molar-refractivity contribution in [2.75, 3.05) is 26.2 Å². The van der Waals surface area contributed by atoms with E-state index >= 15 is 0 Å². The van der Waals surface area contributed by atoms with Crippen LogP contribution in [0.2, 0.25) is 0 Å². The Balaban J connectivity index is 1.91. The Labute approximate surface area is 110 Å². The molecule has 0 aromatic heterocycles. The minimum Gasteiger partial charge on any atom is -0.340 e. The Bertz CT molecular complexity index is 538. The van der Waals surface area contributed by atoms with Gasteiger partial charge in [0.15, 0.2) is 5.78 Å². The number of carbonyl (C=O) groups is 2. The van der Waals surface area contributed by atoms with Gasteiger partial charge < -0.3 is 10.2 Å². The number of nitrogens with one attached hydrogen (secondary N) is 1. The third kappa shape index (κ3) is 2.04. The van der Waals surface area contributed by atoms with Crippen LogP contribution in [0.4, 0.5) is 4.39 Å². The molecule has 4 nitrogen and oxygen atoms in total. The summed E-state index contributed by atoms with van der Waals surface area (Å²) in [5.41, 5.74) is 0.657. The molecule has 0 saturated carbocycles. The highest BCUT2D eigenvalue weighted by Gasteiger charge is 2.38. The Morgan fingerprint density at radius 1 is 1.32 bits per heavy atom. The van der Waals surface area contributed by atoms with E-state index in [0.717, 1.165) is 13.1 Å². The van der Waals surface area contributed by atoms with Crippen molar-refractivity contribution in [3.05, 3.63) is 35.1 Å². The highest BCUT2D eigenvalue weighted by Crippen LogP contribution is 2.36. The Hall–Kier alpha value is -1.75. The maximum Gasteiger partial charge on any atom is 0.230 e. The van der Waals surface area contributed by atoms with Gasteiger partial charge in [0.05, 0.1) is 5.92 Å². The summed E-state index contributed by atoms with van der Waals surface area (Å²) in [7, 11) is 0. The number of halogens is 1. The van der Waals surface area contributed by atoms with E-state index in [9.17, 15) is 14.0 Å². The molecule has 100 valence electrons. The van der Waals surface area contributed by atoms with Gasteiger partial charge in [-0.2, -0.15) is 0 Å². The van der Waals surface area contributed by atoms with Gasteiger partial charge in [-0.3, -0.25) is 9.59 Å². The van der Waals surface area contributed by atoms with Gasteiger partial charge in [0, 0.05) is 43.7 Å². The normalized spacial score (nSPS) is 22.5. The van der Waals surface area contributed by atoms with Crippen molar-refractivity contribution in [1.82, 2.24) is 10.2 Å². The number of benzene rings is 1. The molecule has 1 aliphatic heterocycles. The molecular formula is C14H15FN2O2. The second-order valence-electron chi connectivity index (χ2n) is 4.96. The summed E-state index contributed by atoms with van der Waals surface area (Å²) in [6.07, 6.45) is 0.0963. The summed E-state index contributed by atoms with van der Waals surface area (Å²) in [4.78, 5) is 26.0. The van der Waals surface area contributed by atoms with Crippen LogP contribution in [0.1, 0.15) is 28.3 Å². The van der Waals surface area contributed by atoms with Crippen molar-refractivity contribution in [2.24, 2.45) is 0 Å². The molecule has 19 heavy (non-hydrogen) atoms. The van der Waals surface area contributed by atoms with E-state index < -0.39 is 11.7 Å². The van der Waals surface area contributed by atoms with E-state index in [2.05, 4.69) is 5.32 Å². The van der Waals surface area contributed by atoms with E-state index in [-0.39, 0.29) is 23.7 Å². The summed E-state index contributed by atoms with van der Waals surface area (Å²) in [6.45, 7) is 2.73. The molecule has 1 aliphatic carbocycles. The zero-order chi connectivity index (χ0) is 13.4. The fourth-order valence-electron chi connectivity index (χ4n) is 2.85. The van der Waals surface area contributed by atoms with Crippen LogP contribution in [0.25, 0.3) is 0 Å². The molecule has 0 spiro atoms. The standard InChI is InChI=1S/C14H15FN2O2/c15-11-3-1-2-9-12(18)8-10(13(9)11)14(19)17-6-4-16-5-7-17/h1-3,10,16H,4-8H2. The zero-order valence-corrected chi connectivity index (χ0v) is 10.5. The van der Waals surface area contributed by atoms with E-state index in [1.165, 1.54) is 12.1 Å². The summed E-state index contributed by atoms with van der Waals surface area (Å²) in [5.74, 6) is -1.35. The molecule has 3 rings (SSSR count). The number of fused-ring (bicyclic) bond motifs is 1. The fraction of sp³-hybridized carbons (Fsp3) is 0.429. The van der Waals surface area contributed by atoms with Gasteiger partial charge in [-0.1, -0.05) is 12.1 Å². The summed E-state index contributed by atoms with van der Waals surface area (Å²) < 4.78 is 13.9. The second kappa shape index (κ2) is 4.74. The number of carbonyl (C=O) groups excluding carboxylic acids is 2. The number of hydrogen-bond acceptors (Lipinski definition) is 3. The van der Waals surface area contributed by atoms with Gasteiger partial charge in [-0.05, 0) is 6.07 Å². The smallest absolute Gasteiger partial charge is 0.230 e. The minimum absolute atomic E-state index is 0.0963. The van der Waals surface area contributed by atoms with Crippen molar-refractivity contribution >= 4 is 11.7 Å². The van der Waals surface area contributed by atoms with Gasteiger partial charge in [-0.25, -0.2) is 4.39 Å². The molecule has 5 heteroatoms. The number of piperazine rings is 1. The number of ketones is 1. The first-order valence-corrected chi connectivity index (χ1v) is 6.49. The van der Waals surface area contributed by atoms with Crippen LogP contribution in [0.5, 0.6) is 0 Å². The third-order valence-electron chi connectivity index (χ3n) is 3.82. The zero-order valence-electron chi connectivity index (χ0n) is 10.5. The van der Waals surface area contributed by atoms with Gasteiger partial charge in [0.1, 0.15) is 5.82 Å². The van der Waals surface area contributed by atoms with E-state index in [1.54, 1.807) is 11.0 Å². The molecule has 2 aliphatic rings. The maximum absolute atomic E-state index is 13.9. The van der Waals surface area contributed by atoms with Crippen molar-refractivity contribution in [3.63, 3.8) is 0 Å². The van der Waals surface area contributed by atoms with Crippen LogP contribution in [0.3, 0.4) is 0 Å². The Kier molecular flexibility index (Phi) is 3.06. The predicted molar refractivity (Wildman–Crippen MR) is 67.5 cm³/mol. The molecule has 1 N–H and O–H groups in total. The van der Waals surface area contributed by atoms with Gasteiger partial charge >= 0.3 is 0 Å². The topological polar surface area (TPSA) is 49.4 Å². The third-order valence-corrected chi connectivity index (χ3v) is 3.82. The largest absolute Gasteiger partial charge is 0.340 e. The fourth-order valence-corrected chi connectivity index (χ4v) is 2.85. The highest BCUT2D eigenvalue weighted by molar-refractivity contribution is 6.06. The Morgan fingerprint density at radius 2 is 2.05 bits per heavy atom. The summed E-state index contributed by atoms with van der Waals surface area (Å²) in [5, 5.41) is 3.16. The molecule has 1 saturated heterocycles. The number of nitrogens with zero attached hydrogens (tertiary/aromatic N) is 1. The van der Waals surface area contributed by atoms with Crippen molar-refractivity contribution in [3.8, 4) is 0 Å². The summed E-state index contributed by atoms with van der Waals surface area (Å²) >= 11 is 0. The number of Topliss-reactive ketones (excluding diaryl/α,β-unsaturated/α-hetero) is 1. The lowest BCUT2D eigenvalue weighted by Gasteiger charge is -2.29. The van der Waals surface area contributed by atoms with Crippen LogP contribution in [-0.2, 0) is 4.79 Å². The lowest BCUT2D eigenvalue weighted by molar-refractivity contribution is -0.133. The average Bonchev–Trinajstić information content (AvgIpc) is 2.78. The monoisotopic (exact) mass is 262 g/mol. The molecule has 1 aromatic rings. The molecule has 1 unspecified atom stereocenters. The van der Waals surface area contributed by atoms with Crippen molar-refractivity contribution in [2.45, 2.75) is 12.3 Å². The van der Waals surface area contributed by atoms with Crippen LogP contribution in [0.15, 0.2) is 18.2 Å². The molecular weight excluding hydrogens is 247 g/mol. The first-order chi connectivity index (χ1) is 9.18. The lowest BCUT2D eigenvalue weighted by atomic mass is 9.99. The molecule has 1 aromatic carbocycles. The number of amides is 1. The molecule has 0 radical (unpaired) electrons. The van der Waals surface area contributed by atoms with Crippen LogP contribution < -0.4 is 5.32 Å². The first-order valence-electron chi connectivity index (χ1n) is 6.49. The molecule has 1 fully saturated rings. The van der Waals surface area contributed by atoms with Gasteiger partial charge in [0.25, 0.3) is 0 Å². The first kappa shape index (κ1) is 12.3. The molecule has 1 atom stereocenters. The van der Waals surface area contributed by atoms with Gasteiger partial charge in [0.2, 0.25) is 5.91 Å². The highest BCUT2D eigenvalue weighted by atomic mass is 19.1. The van der Waals surface area contributed by atoms with Crippen LogP contribution in [0, 0.1) is 5.82 Å². The maximum atomic E-state index is 13.9. The predicted octanol–water partition coefficient (Wildman–Crippen LogP) is 0.927. The minimum atomic E-state index is -0.637. The van der Waals surface area contributed by atoms with Crippen LogP contribution in [-0.4, -0.2) is 42.8 Å².